The zero-order chi connectivity index (χ0) is 13.0. The Morgan fingerprint density at radius 1 is 1.22 bits per heavy atom. The van der Waals surface area contributed by atoms with Crippen molar-refractivity contribution in [3.8, 4) is 5.75 Å². The summed E-state index contributed by atoms with van der Waals surface area (Å²) in [6.07, 6.45) is 5.14. The fourth-order valence-corrected chi connectivity index (χ4v) is 2.78. The molecule has 0 radical (unpaired) electrons. The number of aliphatic hydroxyl groups is 1. The smallest absolute Gasteiger partial charge is 0.125 e. The van der Waals surface area contributed by atoms with Crippen molar-refractivity contribution in [1.29, 1.82) is 0 Å². The highest BCUT2D eigenvalue weighted by atomic mass is 16.5. The quantitative estimate of drug-likeness (QED) is 0.880. The monoisotopic (exact) mass is 248 g/mol. The molecular formula is C16H24O2. The van der Waals surface area contributed by atoms with Crippen molar-refractivity contribution in [2.45, 2.75) is 58.2 Å². The molecule has 1 aromatic rings. The van der Waals surface area contributed by atoms with E-state index in [1.54, 1.807) is 0 Å². The SMILES string of the molecule is CCCC1CCC(O)C(Oc2ccc(C)cc2)C1. The van der Waals surface area contributed by atoms with E-state index in [9.17, 15) is 5.11 Å². The van der Waals surface area contributed by atoms with Gasteiger partial charge in [0.05, 0.1) is 6.10 Å². The van der Waals surface area contributed by atoms with Crippen LogP contribution in [-0.4, -0.2) is 17.3 Å². The van der Waals surface area contributed by atoms with Gasteiger partial charge < -0.3 is 9.84 Å². The largest absolute Gasteiger partial charge is 0.488 e. The molecule has 3 atom stereocenters. The van der Waals surface area contributed by atoms with Gasteiger partial charge in [0.25, 0.3) is 0 Å². The first kappa shape index (κ1) is 13.4. The molecular weight excluding hydrogens is 224 g/mol. The first-order valence-electron chi connectivity index (χ1n) is 7.10. The van der Waals surface area contributed by atoms with E-state index < -0.39 is 0 Å². The third kappa shape index (κ3) is 3.49. The van der Waals surface area contributed by atoms with Gasteiger partial charge in [-0.1, -0.05) is 37.5 Å². The molecule has 1 fully saturated rings. The average Bonchev–Trinajstić information content (AvgIpc) is 2.36. The summed E-state index contributed by atoms with van der Waals surface area (Å²) >= 11 is 0. The number of ether oxygens (including phenoxy) is 1. The predicted molar refractivity (Wildman–Crippen MR) is 73.9 cm³/mol. The molecule has 0 spiro atoms. The molecule has 1 aliphatic carbocycles. The van der Waals surface area contributed by atoms with Gasteiger partial charge in [0.1, 0.15) is 11.9 Å². The van der Waals surface area contributed by atoms with Crippen LogP contribution in [0, 0.1) is 12.8 Å². The van der Waals surface area contributed by atoms with Gasteiger partial charge in [0.15, 0.2) is 0 Å². The van der Waals surface area contributed by atoms with E-state index in [-0.39, 0.29) is 12.2 Å². The van der Waals surface area contributed by atoms with Crippen LogP contribution in [0.1, 0.15) is 44.6 Å². The molecule has 1 N–H and O–H groups in total. The minimum Gasteiger partial charge on any atom is -0.488 e. The summed E-state index contributed by atoms with van der Waals surface area (Å²) in [4.78, 5) is 0. The van der Waals surface area contributed by atoms with Crippen LogP contribution in [0.25, 0.3) is 0 Å². The Morgan fingerprint density at radius 2 is 1.94 bits per heavy atom. The first-order chi connectivity index (χ1) is 8.69. The Balaban J connectivity index is 1.95. The molecule has 0 heterocycles. The lowest BCUT2D eigenvalue weighted by Crippen LogP contribution is -2.38. The minimum atomic E-state index is -0.306. The summed E-state index contributed by atoms with van der Waals surface area (Å²) in [5.41, 5.74) is 1.23. The summed E-state index contributed by atoms with van der Waals surface area (Å²) in [5, 5.41) is 10.0. The van der Waals surface area contributed by atoms with E-state index in [1.807, 2.05) is 24.3 Å². The Hall–Kier alpha value is -1.02. The Morgan fingerprint density at radius 3 is 2.61 bits per heavy atom. The zero-order valence-electron chi connectivity index (χ0n) is 11.4. The molecule has 0 aliphatic heterocycles. The summed E-state index contributed by atoms with van der Waals surface area (Å²) in [6.45, 7) is 4.29. The van der Waals surface area contributed by atoms with Crippen LogP contribution >= 0.6 is 0 Å². The van der Waals surface area contributed by atoms with Crippen LogP contribution < -0.4 is 4.74 Å². The summed E-state index contributed by atoms with van der Waals surface area (Å²) in [7, 11) is 0. The average molecular weight is 248 g/mol. The van der Waals surface area contributed by atoms with Crippen LogP contribution in [0.2, 0.25) is 0 Å². The maximum absolute atomic E-state index is 10.0. The molecule has 100 valence electrons. The molecule has 1 saturated carbocycles. The van der Waals surface area contributed by atoms with Gasteiger partial charge >= 0.3 is 0 Å². The van der Waals surface area contributed by atoms with Crippen LogP contribution in [0.5, 0.6) is 5.75 Å². The second-order valence-electron chi connectivity index (χ2n) is 5.50. The highest BCUT2D eigenvalue weighted by Crippen LogP contribution is 2.30. The fourth-order valence-electron chi connectivity index (χ4n) is 2.78. The third-order valence-electron chi connectivity index (χ3n) is 3.87. The topological polar surface area (TPSA) is 29.5 Å². The van der Waals surface area contributed by atoms with Gasteiger partial charge in [0, 0.05) is 0 Å². The molecule has 0 bridgehead atoms. The number of hydrogen-bond donors (Lipinski definition) is 1. The lowest BCUT2D eigenvalue weighted by molar-refractivity contribution is -0.0117. The van der Waals surface area contributed by atoms with Gasteiger partial charge in [-0.3, -0.25) is 0 Å². The summed E-state index contributed by atoms with van der Waals surface area (Å²) < 4.78 is 5.95. The van der Waals surface area contributed by atoms with Crippen molar-refractivity contribution in [2.75, 3.05) is 0 Å². The molecule has 1 aliphatic rings. The van der Waals surface area contributed by atoms with Crippen LogP contribution in [0.15, 0.2) is 24.3 Å². The molecule has 2 heteroatoms. The Labute approximate surface area is 110 Å². The Bertz CT molecular complexity index is 358. The Kier molecular flexibility index (Phi) is 4.65. The molecule has 0 aromatic heterocycles. The predicted octanol–water partition coefficient (Wildman–Crippen LogP) is 3.70. The molecule has 3 unspecified atom stereocenters. The number of benzene rings is 1. The summed E-state index contributed by atoms with van der Waals surface area (Å²) in [6, 6.07) is 8.08. The van der Waals surface area contributed by atoms with Crippen molar-refractivity contribution < 1.29 is 9.84 Å². The fraction of sp³-hybridized carbons (Fsp3) is 0.625. The second-order valence-corrected chi connectivity index (χ2v) is 5.50. The van der Waals surface area contributed by atoms with Crippen molar-refractivity contribution in [2.24, 2.45) is 5.92 Å². The van der Waals surface area contributed by atoms with Gasteiger partial charge in [-0.05, 0) is 44.2 Å². The highest BCUT2D eigenvalue weighted by Gasteiger charge is 2.30. The lowest BCUT2D eigenvalue weighted by atomic mass is 9.83. The van der Waals surface area contributed by atoms with E-state index in [1.165, 1.54) is 18.4 Å². The number of hydrogen-bond acceptors (Lipinski definition) is 2. The maximum Gasteiger partial charge on any atom is 0.125 e. The first-order valence-corrected chi connectivity index (χ1v) is 7.10. The molecule has 1 aromatic carbocycles. The molecule has 18 heavy (non-hydrogen) atoms. The third-order valence-corrected chi connectivity index (χ3v) is 3.87. The van der Waals surface area contributed by atoms with Crippen LogP contribution in [-0.2, 0) is 0 Å². The molecule has 2 nitrogen and oxygen atoms in total. The van der Waals surface area contributed by atoms with E-state index in [0.29, 0.717) is 5.92 Å². The number of aryl methyl sites for hydroxylation is 1. The minimum absolute atomic E-state index is 0.0296. The van der Waals surface area contributed by atoms with Crippen LogP contribution in [0.4, 0.5) is 0 Å². The van der Waals surface area contributed by atoms with E-state index in [0.717, 1.165) is 25.0 Å². The normalized spacial score (nSPS) is 28.1. The lowest BCUT2D eigenvalue weighted by Gasteiger charge is -2.33. The molecule has 0 saturated heterocycles. The van der Waals surface area contributed by atoms with Crippen LogP contribution in [0.3, 0.4) is 0 Å². The summed E-state index contributed by atoms with van der Waals surface area (Å²) in [5.74, 6) is 1.59. The number of rotatable bonds is 4. The van der Waals surface area contributed by atoms with E-state index >= 15 is 0 Å². The molecule has 2 rings (SSSR count). The van der Waals surface area contributed by atoms with Gasteiger partial charge in [-0.2, -0.15) is 0 Å². The van der Waals surface area contributed by atoms with Crippen molar-refractivity contribution >= 4 is 0 Å². The second kappa shape index (κ2) is 6.24. The van der Waals surface area contributed by atoms with Crippen molar-refractivity contribution in [3.63, 3.8) is 0 Å². The number of aliphatic hydroxyl groups excluding tert-OH is 1. The van der Waals surface area contributed by atoms with Gasteiger partial charge in [0.2, 0.25) is 0 Å². The van der Waals surface area contributed by atoms with Gasteiger partial charge in [-0.15, -0.1) is 0 Å². The zero-order valence-corrected chi connectivity index (χ0v) is 11.4. The van der Waals surface area contributed by atoms with Gasteiger partial charge in [-0.25, -0.2) is 0 Å². The maximum atomic E-state index is 10.0. The molecule has 0 amide bonds. The highest BCUT2D eigenvalue weighted by molar-refractivity contribution is 5.26. The van der Waals surface area contributed by atoms with E-state index in [2.05, 4.69) is 13.8 Å². The standard InChI is InChI=1S/C16H24O2/c1-3-4-13-7-10-15(17)16(11-13)18-14-8-5-12(2)6-9-14/h5-6,8-9,13,15-17H,3-4,7,10-11H2,1-2H3. The van der Waals surface area contributed by atoms with E-state index in [4.69, 9.17) is 4.74 Å². The van der Waals surface area contributed by atoms with Crippen molar-refractivity contribution in [1.82, 2.24) is 0 Å². The van der Waals surface area contributed by atoms with Crippen molar-refractivity contribution in [3.05, 3.63) is 29.8 Å².